The van der Waals surface area contributed by atoms with Crippen molar-refractivity contribution in [2.24, 2.45) is 0 Å². The molecule has 6 heteroatoms. The molecule has 2 aromatic carbocycles. The Labute approximate surface area is 176 Å². The minimum Gasteiger partial charge on any atom is -0.352 e. The summed E-state index contributed by atoms with van der Waals surface area (Å²) in [4.78, 5) is 16.5. The molecule has 3 aromatic rings. The van der Waals surface area contributed by atoms with Crippen LogP contribution in [0.5, 0.6) is 0 Å². The van der Waals surface area contributed by atoms with E-state index in [1.807, 2.05) is 12.1 Å². The Morgan fingerprint density at radius 3 is 2.27 bits per heavy atom. The number of aryl methyl sites for hydroxylation is 3. The lowest BCUT2D eigenvalue weighted by Crippen LogP contribution is -2.49. The summed E-state index contributed by atoms with van der Waals surface area (Å²) in [6.45, 7) is 8.76. The third-order valence-electron chi connectivity index (χ3n) is 5.73. The summed E-state index contributed by atoms with van der Waals surface area (Å²) in [7, 11) is 0. The molecule has 1 amide bonds. The van der Waals surface area contributed by atoms with Crippen molar-refractivity contribution < 1.29 is 9.18 Å². The molecule has 154 valence electrons. The second-order valence-corrected chi connectivity index (χ2v) is 7.82. The fraction of sp³-hybridized carbons (Fsp3) is 0.292. The largest absolute Gasteiger partial charge is 0.352 e. The van der Waals surface area contributed by atoms with Gasteiger partial charge < -0.3 is 9.80 Å². The van der Waals surface area contributed by atoms with E-state index in [1.54, 1.807) is 17.0 Å². The predicted molar refractivity (Wildman–Crippen MR) is 116 cm³/mol. The van der Waals surface area contributed by atoms with E-state index in [0.717, 1.165) is 17.1 Å². The first kappa shape index (κ1) is 20.0. The third-order valence-corrected chi connectivity index (χ3v) is 5.73. The first-order chi connectivity index (χ1) is 14.4. The number of nitrogens with zero attached hydrogens (tertiary/aromatic N) is 4. The summed E-state index contributed by atoms with van der Waals surface area (Å²) < 4.78 is 13.4. The molecule has 0 atom stereocenters. The molecule has 0 spiro atoms. The third kappa shape index (κ3) is 4.03. The maximum Gasteiger partial charge on any atom is 0.254 e. The molecule has 2 heterocycles. The Bertz CT molecular complexity index is 1070. The van der Waals surface area contributed by atoms with Gasteiger partial charge in [-0.25, -0.2) is 4.39 Å². The van der Waals surface area contributed by atoms with Crippen molar-refractivity contribution in [3.63, 3.8) is 0 Å². The maximum atomic E-state index is 13.4. The topological polar surface area (TPSA) is 49.3 Å². The zero-order chi connectivity index (χ0) is 21.3. The van der Waals surface area contributed by atoms with Crippen molar-refractivity contribution >= 4 is 11.7 Å². The van der Waals surface area contributed by atoms with Gasteiger partial charge in [0, 0.05) is 37.3 Å². The number of halogens is 1. The van der Waals surface area contributed by atoms with E-state index in [1.165, 1.54) is 28.8 Å². The molecule has 1 aliphatic rings. The number of aromatic nitrogens is 2. The maximum absolute atomic E-state index is 13.4. The minimum absolute atomic E-state index is 0.138. The summed E-state index contributed by atoms with van der Waals surface area (Å²) in [5.41, 5.74) is 6.04. The summed E-state index contributed by atoms with van der Waals surface area (Å²) in [6, 6.07) is 14.2. The van der Waals surface area contributed by atoms with E-state index < -0.39 is 5.82 Å². The molecule has 0 radical (unpaired) electrons. The summed E-state index contributed by atoms with van der Waals surface area (Å²) in [6.07, 6.45) is 0. The quantitative estimate of drug-likeness (QED) is 0.657. The zero-order valence-electron chi connectivity index (χ0n) is 17.5. The molecule has 5 nitrogen and oxygen atoms in total. The zero-order valence-corrected chi connectivity index (χ0v) is 17.5. The van der Waals surface area contributed by atoms with Gasteiger partial charge in [0.2, 0.25) is 0 Å². The number of amides is 1. The average molecular weight is 404 g/mol. The fourth-order valence-corrected chi connectivity index (χ4v) is 3.82. The summed E-state index contributed by atoms with van der Waals surface area (Å²) >= 11 is 0. The van der Waals surface area contributed by atoms with Crippen LogP contribution in [0.4, 0.5) is 10.2 Å². The van der Waals surface area contributed by atoms with Crippen molar-refractivity contribution in [3.8, 4) is 11.3 Å². The molecule has 1 fully saturated rings. The van der Waals surface area contributed by atoms with Crippen LogP contribution in [0.15, 0.2) is 48.5 Å². The van der Waals surface area contributed by atoms with E-state index in [4.69, 9.17) is 0 Å². The fourth-order valence-electron chi connectivity index (χ4n) is 3.82. The van der Waals surface area contributed by atoms with E-state index in [-0.39, 0.29) is 5.91 Å². The Morgan fingerprint density at radius 2 is 1.60 bits per heavy atom. The second-order valence-electron chi connectivity index (χ2n) is 7.82. The van der Waals surface area contributed by atoms with Crippen LogP contribution < -0.4 is 4.90 Å². The van der Waals surface area contributed by atoms with E-state index in [9.17, 15) is 9.18 Å². The van der Waals surface area contributed by atoms with Gasteiger partial charge in [0.15, 0.2) is 5.82 Å². The average Bonchev–Trinajstić information content (AvgIpc) is 2.76. The van der Waals surface area contributed by atoms with Gasteiger partial charge in [-0.2, -0.15) is 0 Å². The molecule has 4 rings (SSSR count). The number of hydrogen-bond acceptors (Lipinski definition) is 4. The minimum atomic E-state index is -0.395. The molecular formula is C24H25FN4O. The van der Waals surface area contributed by atoms with Gasteiger partial charge in [-0.05, 0) is 73.9 Å². The lowest BCUT2D eigenvalue weighted by Gasteiger charge is -2.35. The predicted octanol–water partition coefficient (Wildman–Crippen LogP) is 4.17. The number of hydrogen-bond donors (Lipinski definition) is 0. The van der Waals surface area contributed by atoms with Gasteiger partial charge in [-0.1, -0.05) is 12.1 Å². The van der Waals surface area contributed by atoms with Crippen LogP contribution in [0.3, 0.4) is 0 Å². The van der Waals surface area contributed by atoms with Crippen LogP contribution in [-0.4, -0.2) is 47.2 Å². The Kier molecular flexibility index (Phi) is 5.48. The lowest BCUT2D eigenvalue weighted by molar-refractivity contribution is 0.0746. The Morgan fingerprint density at radius 1 is 0.867 bits per heavy atom. The van der Waals surface area contributed by atoms with Gasteiger partial charge in [0.1, 0.15) is 5.82 Å². The Balaban J connectivity index is 1.43. The molecule has 1 aromatic heterocycles. The van der Waals surface area contributed by atoms with E-state index >= 15 is 0 Å². The highest BCUT2D eigenvalue weighted by Gasteiger charge is 2.23. The molecule has 1 saturated heterocycles. The van der Waals surface area contributed by atoms with Crippen LogP contribution in [0.2, 0.25) is 0 Å². The number of anilines is 1. The number of carbonyl (C=O) groups is 1. The highest BCUT2D eigenvalue weighted by atomic mass is 19.1. The SMILES string of the molecule is Cc1cc(C)c(-c2ccc(N3CCN(C(=O)c4cccc(F)c4)CC3)nn2)cc1C. The van der Waals surface area contributed by atoms with Gasteiger partial charge in [-0.15, -0.1) is 10.2 Å². The smallest absolute Gasteiger partial charge is 0.254 e. The monoisotopic (exact) mass is 404 g/mol. The molecule has 0 aliphatic carbocycles. The van der Waals surface area contributed by atoms with Crippen LogP contribution in [-0.2, 0) is 0 Å². The molecule has 0 saturated carbocycles. The molecule has 0 bridgehead atoms. The van der Waals surface area contributed by atoms with Crippen LogP contribution in [0.1, 0.15) is 27.0 Å². The molecule has 1 aliphatic heterocycles. The Hall–Kier alpha value is -3.28. The lowest BCUT2D eigenvalue weighted by atomic mass is 9.99. The van der Waals surface area contributed by atoms with Crippen LogP contribution in [0.25, 0.3) is 11.3 Å². The second kappa shape index (κ2) is 8.22. The molecular weight excluding hydrogens is 379 g/mol. The first-order valence-electron chi connectivity index (χ1n) is 10.1. The van der Waals surface area contributed by atoms with Gasteiger partial charge in [-0.3, -0.25) is 4.79 Å². The number of benzene rings is 2. The first-order valence-corrected chi connectivity index (χ1v) is 10.1. The van der Waals surface area contributed by atoms with Crippen molar-refractivity contribution in [2.75, 3.05) is 31.1 Å². The highest BCUT2D eigenvalue weighted by Crippen LogP contribution is 2.25. The van der Waals surface area contributed by atoms with Crippen LogP contribution in [0, 0.1) is 26.6 Å². The highest BCUT2D eigenvalue weighted by molar-refractivity contribution is 5.94. The number of carbonyl (C=O) groups excluding carboxylic acids is 1. The van der Waals surface area contributed by atoms with Crippen molar-refractivity contribution in [1.82, 2.24) is 15.1 Å². The molecule has 30 heavy (non-hydrogen) atoms. The summed E-state index contributed by atoms with van der Waals surface area (Å²) in [5.74, 6) is 0.271. The van der Waals surface area contributed by atoms with Gasteiger partial charge in [0.25, 0.3) is 5.91 Å². The van der Waals surface area contributed by atoms with E-state index in [2.05, 4.69) is 48.0 Å². The van der Waals surface area contributed by atoms with Gasteiger partial charge >= 0.3 is 0 Å². The van der Waals surface area contributed by atoms with Crippen LogP contribution >= 0.6 is 0 Å². The molecule has 0 unspecified atom stereocenters. The number of piperazine rings is 1. The van der Waals surface area contributed by atoms with Crippen molar-refractivity contribution in [2.45, 2.75) is 20.8 Å². The van der Waals surface area contributed by atoms with Gasteiger partial charge in [0.05, 0.1) is 5.69 Å². The van der Waals surface area contributed by atoms with E-state index in [0.29, 0.717) is 31.7 Å². The standard InChI is InChI=1S/C24H25FN4O/c1-16-13-18(3)21(14-17(16)2)22-7-8-23(27-26-22)28-9-11-29(12-10-28)24(30)19-5-4-6-20(25)15-19/h4-8,13-15H,9-12H2,1-3H3. The number of rotatable bonds is 3. The summed E-state index contributed by atoms with van der Waals surface area (Å²) in [5, 5.41) is 8.89. The molecule has 0 N–H and O–H groups in total. The van der Waals surface area contributed by atoms with Crippen molar-refractivity contribution in [3.05, 3.63) is 76.6 Å². The normalized spacial score (nSPS) is 14.1. The van der Waals surface area contributed by atoms with Crippen molar-refractivity contribution in [1.29, 1.82) is 0 Å².